The Hall–Kier alpha value is -1.84. The fourth-order valence-electron chi connectivity index (χ4n) is 3.00. The summed E-state index contributed by atoms with van der Waals surface area (Å²) in [7, 11) is 0. The minimum Gasteiger partial charge on any atom is -0.311 e. The van der Waals surface area contributed by atoms with Crippen LogP contribution in [0.4, 0.5) is 5.69 Å². The van der Waals surface area contributed by atoms with E-state index in [-0.39, 0.29) is 11.9 Å². The van der Waals surface area contributed by atoms with E-state index in [9.17, 15) is 4.79 Å². The molecule has 1 aliphatic heterocycles. The van der Waals surface area contributed by atoms with Crippen LogP contribution in [-0.2, 0) is 11.2 Å². The van der Waals surface area contributed by atoms with Crippen molar-refractivity contribution in [2.45, 2.75) is 25.8 Å². The van der Waals surface area contributed by atoms with Gasteiger partial charge in [-0.3, -0.25) is 4.79 Å². The van der Waals surface area contributed by atoms with Gasteiger partial charge in [0, 0.05) is 23.3 Å². The molecule has 1 amide bonds. The second kappa shape index (κ2) is 7.16. The number of hydrogen-bond donors (Lipinski definition) is 1. The van der Waals surface area contributed by atoms with Crippen molar-refractivity contribution in [1.29, 1.82) is 0 Å². The number of fused-ring (bicyclic) bond motifs is 1. The highest BCUT2D eigenvalue weighted by Gasteiger charge is 2.22. The van der Waals surface area contributed by atoms with Crippen molar-refractivity contribution >= 4 is 23.2 Å². The molecule has 3 nitrogen and oxygen atoms in total. The Balaban J connectivity index is 1.63. The Morgan fingerprint density at radius 1 is 1.22 bits per heavy atom. The SMILES string of the molecule is CC(NCC(=O)N1CCCc2ccccc21)c1ccc(Cl)cc1. The molecule has 1 N–H and O–H groups in total. The van der Waals surface area contributed by atoms with Gasteiger partial charge in [0.2, 0.25) is 5.91 Å². The lowest BCUT2D eigenvalue weighted by Crippen LogP contribution is -2.41. The molecule has 0 spiro atoms. The summed E-state index contributed by atoms with van der Waals surface area (Å²) in [6.45, 7) is 3.19. The summed E-state index contributed by atoms with van der Waals surface area (Å²) in [6, 6.07) is 16.0. The standard InChI is InChI=1S/C19H21ClN2O/c1-14(15-8-10-17(20)11-9-15)21-13-19(23)22-12-4-6-16-5-2-3-7-18(16)22/h2-3,5,7-11,14,21H,4,6,12-13H2,1H3. The zero-order chi connectivity index (χ0) is 16.2. The molecule has 1 heterocycles. The first-order valence-corrected chi connectivity index (χ1v) is 8.40. The van der Waals surface area contributed by atoms with Crippen molar-refractivity contribution in [3.63, 3.8) is 0 Å². The molecule has 3 rings (SSSR count). The lowest BCUT2D eigenvalue weighted by Gasteiger charge is -2.30. The van der Waals surface area contributed by atoms with Crippen molar-refractivity contribution < 1.29 is 4.79 Å². The molecule has 1 atom stereocenters. The van der Waals surface area contributed by atoms with Crippen molar-refractivity contribution in [2.24, 2.45) is 0 Å². The average Bonchev–Trinajstić information content (AvgIpc) is 2.59. The summed E-state index contributed by atoms with van der Waals surface area (Å²) in [5, 5.41) is 4.04. The van der Waals surface area contributed by atoms with E-state index in [1.54, 1.807) is 0 Å². The van der Waals surface area contributed by atoms with E-state index >= 15 is 0 Å². The molecular formula is C19H21ClN2O. The van der Waals surface area contributed by atoms with Gasteiger partial charge >= 0.3 is 0 Å². The Bertz CT molecular complexity index is 684. The molecule has 4 heteroatoms. The average molecular weight is 329 g/mol. The third kappa shape index (κ3) is 3.74. The maximum absolute atomic E-state index is 12.6. The van der Waals surface area contributed by atoms with Crippen LogP contribution >= 0.6 is 11.6 Å². The number of para-hydroxylation sites is 1. The topological polar surface area (TPSA) is 32.3 Å². The van der Waals surface area contributed by atoms with Gasteiger partial charge in [0.1, 0.15) is 0 Å². The summed E-state index contributed by atoms with van der Waals surface area (Å²) in [5.41, 5.74) is 3.45. The molecule has 0 fully saturated rings. The van der Waals surface area contributed by atoms with Crippen LogP contribution in [0.15, 0.2) is 48.5 Å². The number of nitrogens with one attached hydrogen (secondary N) is 1. The molecule has 0 saturated heterocycles. The number of carbonyl (C=O) groups excluding carboxylic acids is 1. The molecule has 2 aromatic rings. The Morgan fingerprint density at radius 3 is 2.74 bits per heavy atom. The van der Waals surface area contributed by atoms with Gasteiger partial charge in [-0.1, -0.05) is 41.9 Å². The van der Waals surface area contributed by atoms with Crippen LogP contribution in [0, 0.1) is 0 Å². The molecule has 0 radical (unpaired) electrons. The van der Waals surface area contributed by atoms with Crippen molar-refractivity contribution in [3.8, 4) is 0 Å². The maximum atomic E-state index is 12.6. The van der Waals surface area contributed by atoms with Gasteiger partial charge in [-0.2, -0.15) is 0 Å². The highest BCUT2D eigenvalue weighted by Crippen LogP contribution is 2.26. The van der Waals surface area contributed by atoms with Crippen LogP contribution in [0.1, 0.15) is 30.5 Å². The quantitative estimate of drug-likeness (QED) is 0.921. The normalized spacial score (nSPS) is 15.1. The number of carbonyl (C=O) groups is 1. The van der Waals surface area contributed by atoms with Gasteiger partial charge in [0.15, 0.2) is 0 Å². The monoisotopic (exact) mass is 328 g/mol. The third-order valence-electron chi connectivity index (χ3n) is 4.34. The predicted octanol–water partition coefficient (Wildman–Crippen LogP) is 3.97. The molecule has 1 aliphatic rings. The molecule has 2 aromatic carbocycles. The van der Waals surface area contributed by atoms with E-state index < -0.39 is 0 Å². The van der Waals surface area contributed by atoms with E-state index in [0.717, 1.165) is 35.7 Å². The summed E-state index contributed by atoms with van der Waals surface area (Å²) >= 11 is 5.91. The van der Waals surface area contributed by atoms with Gasteiger partial charge in [-0.25, -0.2) is 0 Å². The Labute approximate surface area is 142 Å². The number of benzene rings is 2. The molecule has 0 aliphatic carbocycles. The second-order valence-corrected chi connectivity index (χ2v) is 6.37. The van der Waals surface area contributed by atoms with E-state index in [4.69, 9.17) is 11.6 Å². The van der Waals surface area contributed by atoms with Crippen LogP contribution < -0.4 is 10.2 Å². The van der Waals surface area contributed by atoms with Gasteiger partial charge in [0.05, 0.1) is 6.54 Å². The molecule has 0 aromatic heterocycles. The lowest BCUT2D eigenvalue weighted by atomic mass is 10.0. The predicted molar refractivity (Wildman–Crippen MR) is 95.0 cm³/mol. The summed E-state index contributed by atoms with van der Waals surface area (Å²) < 4.78 is 0. The maximum Gasteiger partial charge on any atom is 0.240 e. The van der Waals surface area contributed by atoms with E-state index in [1.807, 2.05) is 47.4 Å². The van der Waals surface area contributed by atoms with Crippen molar-refractivity contribution in [3.05, 3.63) is 64.7 Å². The molecule has 0 saturated carbocycles. The minimum atomic E-state index is 0.108. The molecule has 0 bridgehead atoms. The number of aryl methyl sites for hydroxylation is 1. The zero-order valence-electron chi connectivity index (χ0n) is 13.3. The smallest absolute Gasteiger partial charge is 0.240 e. The Morgan fingerprint density at radius 2 is 1.96 bits per heavy atom. The van der Waals surface area contributed by atoms with Crippen molar-refractivity contribution in [1.82, 2.24) is 5.32 Å². The van der Waals surface area contributed by atoms with E-state index in [2.05, 4.69) is 18.3 Å². The third-order valence-corrected chi connectivity index (χ3v) is 4.59. The molecular weight excluding hydrogens is 308 g/mol. The zero-order valence-corrected chi connectivity index (χ0v) is 14.0. The van der Waals surface area contributed by atoms with Gasteiger partial charge in [-0.05, 0) is 49.1 Å². The number of halogens is 1. The first kappa shape index (κ1) is 16.0. The van der Waals surface area contributed by atoms with Gasteiger partial charge < -0.3 is 10.2 Å². The second-order valence-electron chi connectivity index (χ2n) is 5.93. The highest BCUT2D eigenvalue weighted by molar-refractivity contribution is 6.30. The molecule has 23 heavy (non-hydrogen) atoms. The summed E-state index contributed by atoms with van der Waals surface area (Å²) in [6.07, 6.45) is 2.07. The highest BCUT2D eigenvalue weighted by atomic mass is 35.5. The minimum absolute atomic E-state index is 0.108. The molecule has 1 unspecified atom stereocenters. The fourth-order valence-corrected chi connectivity index (χ4v) is 3.12. The largest absolute Gasteiger partial charge is 0.311 e. The number of anilines is 1. The van der Waals surface area contributed by atoms with E-state index in [0.29, 0.717) is 6.54 Å². The Kier molecular flexibility index (Phi) is 4.99. The first-order valence-electron chi connectivity index (χ1n) is 8.02. The number of amides is 1. The van der Waals surface area contributed by atoms with E-state index in [1.165, 1.54) is 5.56 Å². The van der Waals surface area contributed by atoms with Crippen LogP contribution in [0.3, 0.4) is 0 Å². The van der Waals surface area contributed by atoms with Gasteiger partial charge in [0.25, 0.3) is 0 Å². The number of rotatable bonds is 4. The number of hydrogen-bond acceptors (Lipinski definition) is 2. The van der Waals surface area contributed by atoms with Crippen LogP contribution in [0.25, 0.3) is 0 Å². The fraction of sp³-hybridized carbons (Fsp3) is 0.316. The van der Waals surface area contributed by atoms with Crippen LogP contribution in [-0.4, -0.2) is 19.0 Å². The molecule has 120 valence electrons. The summed E-state index contributed by atoms with van der Waals surface area (Å²) in [4.78, 5) is 14.5. The summed E-state index contributed by atoms with van der Waals surface area (Å²) in [5.74, 6) is 0.123. The lowest BCUT2D eigenvalue weighted by molar-refractivity contribution is -0.118. The van der Waals surface area contributed by atoms with Crippen LogP contribution in [0.2, 0.25) is 5.02 Å². The van der Waals surface area contributed by atoms with Crippen LogP contribution in [0.5, 0.6) is 0 Å². The number of nitrogens with zero attached hydrogens (tertiary/aromatic N) is 1. The van der Waals surface area contributed by atoms with Gasteiger partial charge in [-0.15, -0.1) is 0 Å². The first-order chi connectivity index (χ1) is 11.1. The van der Waals surface area contributed by atoms with Crippen molar-refractivity contribution in [2.75, 3.05) is 18.0 Å².